The van der Waals surface area contributed by atoms with Gasteiger partial charge in [0.15, 0.2) is 0 Å². The third-order valence-electron chi connectivity index (χ3n) is 9.45. The predicted octanol–water partition coefficient (Wildman–Crippen LogP) is 13.0. The van der Waals surface area contributed by atoms with Gasteiger partial charge in [0.1, 0.15) is 0 Å². The highest BCUT2D eigenvalue weighted by atomic mass is 14.2. The Morgan fingerprint density at radius 3 is 1.48 bits per heavy atom. The molecule has 0 nitrogen and oxygen atoms in total. The molecule has 214 valence electrons. The molecule has 0 aliphatic rings. The molecule has 0 bridgehead atoms. The van der Waals surface area contributed by atoms with Crippen molar-refractivity contribution in [1.29, 1.82) is 0 Å². The van der Waals surface area contributed by atoms with Gasteiger partial charge in [-0.2, -0.15) is 0 Å². The second kappa shape index (κ2) is 10.9. The van der Waals surface area contributed by atoms with E-state index in [1.165, 1.54) is 87.6 Å². The summed E-state index contributed by atoms with van der Waals surface area (Å²) in [6.45, 7) is 0. The lowest BCUT2D eigenvalue weighted by atomic mass is 9.90. The standard InChI is InChI=1S/C46H30/c1-2-10-35-28-37(22-18-31(35)8-1)32-16-19-34(20-17-32)42-26-27-44(46-15-6-5-14-45(42)46)39-12-7-11-36(29-39)38-24-25-43-40(30-38)23-21-33-9-3-4-13-41(33)43/h1-30H. The maximum Gasteiger partial charge on any atom is -0.00992 e. The van der Waals surface area contributed by atoms with Gasteiger partial charge in [-0.15, -0.1) is 0 Å². The van der Waals surface area contributed by atoms with Crippen molar-refractivity contribution in [2.45, 2.75) is 0 Å². The van der Waals surface area contributed by atoms with Crippen molar-refractivity contribution in [2.75, 3.05) is 0 Å². The summed E-state index contributed by atoms with van der Waals surface area (Å²) >= 11 is 0. The van der Waals surface area contributed by atoms with Gasteiger partial charge >= 0.3 is 0 Å². The maximum absolute atomic E-state index is 2.34. The minimum Gasteiger partial charge on any atom is -0.0616 e. The molecule has 0 aliphatic carbocycles. The Bertz CT molecular complexity index is 2570. The lowest BCUT2D eigenvalue weighted by Gasteiger charge is -2.14. The van der Waals surface area contributed by atoms with Gasteiger partial charge in [0, 0.05) is 0 Å². The summed E-state index contributed by atoms with van der Waals surface area (Å²) in [6, 6.07) is 66.6. The summed E-state index contributed by atoms with van der Waals surface area (Å²) in [5, 5.41) is 10.2. The van der Waals surface area contributed by atoms with Crippen LogP contribution in [0.3, 0.4) is 0 Å². The molecule has 0 spiro atoms. The van der Waals surface area contributed by atoms with E-state index in [4.69, 9.17) is 0 Å². The molecule has 0 atom stereocenters. The highest BCUT2D eigenvalue weighted by Gasteiger charge is 2.11. The van der Waals surface area contributed by atoms with E-state index in [0.29, 0.717) is 0 Å². The van der Waals surface area contributed by atoms with Crippen LogP contribution in [-0.4, -0.2) is 0 Å². The Balaban J connectivity index is 1.08. The van der Waals surface area contributed by atoms with Crippen LogP contribution in [0.15, 0.2) is 182 Å². The largest absolute Gasteiger partial charge is 0.0616 e. The van der Waals surface area contributed by atoms with Gasteiger partial charge in [-0.1, -0.05) is 164 Å². The maximum atomic E-state index is 2.34. The molecule has 46 heavy (non-hydrogen) atoms. The molecular formula is C46H30. The molecule has 9 rings (SSSR count). The molecule has 0 N–H and O–H groups in total. The molecule has 0 aromatic heterocycles. The summed E-state index contributed by atoms with van der Waals surface area (Å²) < 4.78 is 0. The molecule has 0 amide bonds. The topological polar surface area (TPSA) is 0 Å². The van der Waals surface area contributed by atoms with E-state index in [2.05, 4.69) is 182 Å². The van der Waals surface area contributed by atoms with Gasteiger partial charge in [0.25, 0.3) is 0 Å². The zero-order valence-electron chi connectivity index (χ0n) is 25.3. The van der Waals surface area contributed by atoms with Crippen molar-refractivity contribution in [1.82, 2.24) is 0 Å². The highest BCUT2D eigenvalue weighted by Crippen LogP contribution is 2.38. The van der Waals surface area contributed by atoms with E-state index >= 15 is 0 Å². The van der Waals surface area contributed by atoms with E-state index in [1.807, 2.05) is 0 Å². The first-order valence-electron chi connectivity index (χ1n) is 15.9. The van der Waals surface area contributed by atoms with E-state index < -0.39 is 0 Å². The second-order valence-electron chi connectivity index (χ2n) is 12.1. The first kappa shape index (κ1) is 26.4. The summed E-state index contributed by atoms with van der Waals surface area (Å²) in [4.78, 5) is 0. The van der Waals surface area contributed by atoms with Crippen molar-refractivity contribution in [3.8, 4) is 44.5 Å². The van der Waals surface area contributed by atoms with Crippen LogP contribution in [0.2, 0.25) is 0 Å². The Morgan fingerprint density at radius 1 is 0.196 bits per heavy atom. The van der Waals surface area contributed by atoms with Crippen molar-refractivity contribution >= 4 is 43.1 Å². The highest BCUT2D eigenvalue weighted by molar-refractivity contribution is 6.09. The van der Waals surface area contributed by atoms with Crippen LogP contribution < -0.4 is 0 Å². The van der Waals surface area contributed by atoms with Gasteiger partial charge in [0.2, 0.25) is 0 Å². The van der Waals surface area contributed by atoms with E-state index in [1.54, 1.807) is 0 Å². The van der Waals surface area contributed by atoms with E-state index in [0.717, 1.165) is 0 Å². The van der Waals surface area contributed by atoms with Crippen LogP contribution in [0.4, 0.5) is 0 Å². The number of hydrogen-bond acceptors (Lipinski definition) is 0. The van der Waals surface area contributed by atoms with Crippen molar-refractivity contribution in [3.63, 3.8) is 0 Å². The molecule has 0 unspecified atom stereocenters. The van der Waals surface area contributed by atoms with Gasteiger partial charge in [-0.05, 0) is 106 Å². The molecule has 0 aliphatic heterocycles. The molecule has 0 saturated heterocycles. The second-order valence-corrected chi connectivity index (χ2v) is 12.1. The lowest BCUT2D eigenvalue weighted by molar-refractivity contribution is 1.60. The third-order valence-corrected chi connectivity index (χ3v) is 9.45. The smallest absolute Gasteiger partial charge is 0.00992 e. The predicted molar refractivity (Wildman–Crippen MR) is 198 cm³/mol. The molecule has 9 aromatic carbocycles. The number of rotatable bonds is 4. The Hall–Kier alpha value is -5.98. The summed E-state index contributed by atoms with van der Waals surface area (Å²) in [7, 11) is 0. The average molecular weight is 583 g/mol. The molecule has 0 heterocycles. The first-order valence-corrected chi connectivity index (χ1v) is 15.9. The lowest BCUT2D eigenvalue weighted by Crippen LogP contribution is -1.88. The third kappa shape index (κ3) is 4.55. The SMILES string of the molecule is c1cc(-c2ccc3c(ccc4ccccc43)c2)cc(-c2ccc(-c3ccc(-c4ccc5ccccc5c4)cc3)c3ccccc23)c1. The fraction of sp³-hybridized carbons (Fsp3) is 0. The zero-order chi connectivity index (χ0) is 30.5. The Kier molecular flexibility index (Phi) is 6.25. The summed E-state index contributed by atoms with van der Waals surface area (Å²) in [5.41, 5.74) is 9.89. The van der Waals surface area contributed by atoms with Crippen LogP contribution in [0.5, 0.6) is 0 Å². The van der Waals surface area contributed by atoms with Crippen molar-refractivity contribution in [2.24, 2.45) is 0 Å². The molecule has 0 saturated carbocycles. The summed E-state index contributed by atoms with van der Waals surface area (Å²) in [5.74, 6) is 0. The number of benzene rings is 9. The minimum absolute atomic E-state index is 1.23. The molecular weight excluding hydrogens is 553 g/mol. The fourth-order valence-corrected chi connectivity index (χ4v) is 7.07. The molecule has 0 radical (unpaired) electrons. The Morgan fingerprint density at radius 2 is 0.674 bits per heavy atom. The molecule has 9 aromatic rings. The first-order chi connectivity index (χ1) is 22.8. The van der Waals surface area contributed by atoms with E-state index in [-0.39, 0.29) is 0 Å². The molecule has 0 heteroatoms. The van der Waals surface area contributed by atoms with Gasteiger partial charge < -0.3 is 0 Å². The van der Waals surface area contributed by atoms with Crippen LogP contribution in [-0.2, 0) is 0 Å². The zero-order valence-corrected chi connectivity index (χ0v) is 25.3. The minimum atomic E-state index is 1.23. The van der Waals surface area contributed by atoms with Crippen LogP contribution in [0, 0.1) is 0 Å². The van der Waals surface area contributed by atoms with Crippen molar-refractivity contribution in [3.05, 3.63) is 182 Å². The van der Waals surface area contributed by atoms with Gasteiger partial charge in [-0.25, -0.2) is 0 Å². The van der Waals surface area contributed by atoms with E-state index in [9.17, 15) is 0 Å². The fourth-order valence-electron chi connectivity index (χ4n) is 7.07. The number of hydrogen-bond donors (Lipinski definition) is 0. The number of fused-ring (bicyclic) bond motifs is 5. The van der Waals surface area contributed by atoms with Gasteiger partial charge in [0.05, 0.1) is 0 Å². The molecule has 0 fully saturated rings. The monoisotopic (exact) mass is 582 g/mol. The quantitative estimate of drug-likeness (QED) is 0.181. The van der Waals surface area contributed by atoms with Crippen molar-refractivity contribution < 1.29 is 0 Å². The average Bonchev–Trinajstić information content (AvgIpc) is 3.14. The van der Waals surface area contributed by atoms with Crippen LogP contribution in [0.25, 0.3) is 87.6 Å². The Labute approximate surface area is 268 Å². The van der Waals surface area contributed by atoms with Crippen LogP contribution >= 0.6 is 0 Å². The normalized spacial score (nSPS) is 11.5. The van der Waals surface area contributed by atoms with Crippen LogP contribution in [0.1, 0.15) is 0 Å². The summed E-state index contributed by atoms with van der Waals surface area (Å²) in [6.07, 6.45) is 0. The van der Waals surface area contributed by atoms with Gasteiger partial charge in [-0.3, -0.25) is 0 Å².